The number of hydrogen-bond donors (Lipinski definition) is 1. The molecule has 37 heavy (non-hydrogen) atoms. The zero-order valence-corrected chi connectivity index (χ0v) is 21.8. The molecule has 0 saturated carbocycles. The highest BCUT2D eigenvalue weighted by molar-refractivity contribution is 6.06. The number of aromatic nitrogens is 2. The summed E-state index contributed by atoms with van der Waals surface area (Å²) in [4.78, 5) is 45.8. The molecule has 3 aromatic carbocycles. The SMILES string of the molecule is CCN(CC)C(=O)c1ccc(NC(=O)c2ccc3nc(C)n(-c4ccc(C(=O)N(C)C)cc4)c3c2)cc1. The highest BCUT2D eigenvalue weighted by Crippen LogP contribution is 2.24. The Morgan fingerprint density at radius 1 is 0.811 bits per heavy atom. The Balaban J connectivity index is 1.58. The van der Waals surface area contributed by atoms with Crippen molar-refractivity contribution in [3.05, 3.63) is 89.2 Å². The first kappa shape index (κ1) is 25.6. The minimum atomic E-state index is -0.262. The number of fused-ring (bicyclic) bond motifs is 1. The fourth-order valence-electron chi connectivity index (χ4n) is 4.27. The number of carbonyl (C=O) groups excluding carboxylic acids is 3. The van der Waals surface area contributed by atoms with Crippen LogP contribution in [0, 0.1) is 6.92 Å². The number of hydrogen-bond acceptors (Lipinski definition) is 4. The summed E-state index contributed by atoms with van der Waals surface area (Å²) in [6.07, 6.45) is 0. The van der Waals surface area contributed by atoms with Crippen LogP contribution in [0.2, 0.25) is 0 Å². The van der Waals surface area contributed by atoms with Gasteiger partial charge in [0.1, 0.15) is 5.82 Å². The van der Waals surface area contributed by atoms with E-state index in [1.807, 2.05) is 49.6 Å². The van der Waals surface area contributed by atoms with Crippen molar-refractivity contribution in [2.24, 2.45) is 0 Å². The maximum Gasteiger partial charge on any atom is 0.255 e. The molecule has 3 amide bonds. The summed E-state index contributed by atoms with van der Waals surface area (Å²) in [6, 6.07) is 19.6. The topological polar surface area (TPSA) is 87.5 Å². The van der Waals surface area contributed by atoms with Crippen LogP contribution in [0.3, 0.4) is 0 Å². The van der Waals surface area contributed by atoms with Crippen LogP contribution in [0.15, 0.2) is 66.7 Å². The van der Waals surface area contributed by atoms with Crippen molar-refractivity contribution in [2.45, 2.75) is 20.8 Å². The van der Waals surface area contributed by atoms with Gasteiger partial charge in [-0.25, -0.2) is 4.98 Å². The van der Waals surface area contributed by atoms with E-state index < -0.39 is 0 Å². The van der Waals surface area contributed by atoms with Gasteiger partial charge in [-0.1, -0.05) is 0 Å². The summed E-state index contributed by atoms with van der Waals surface area (Å²) in [7, 11) is 3.44. The van der Waals surface area contributed by atoms with E-state index in [1.54, 1.807) is 61.5 Å². The van der Waals surface area contributed by atoms with Gasteiger partial charge in [0.2, 0.25) is 0 Å². The summed E-state index contributed by atoms with van der Waals surface area (Å²) < 4.78 is 1.96. The summed E-state index contributed by atoms with van der Waals surface area (Å²) in [5.41, 5.74) is 4.67. The lowest BCUT2D eigenvalue weighted by Gasteiger charge is -2.18. The fraction of sp³-hybridized carbons (Fsp3) is 0.241. The lowest BCUT2D eigenvalue weighted by molar-refractivity contribution is 0.0772. The second-order valence-electron chi connectivity index (χ2n) is 8.95. The lowest BCUT2D eigenvalue weighted by Crippen LogP contribution is -2.30. The van der Waals surface area contributed by atoms with Gasteiger partial charge in [0.15, 0.2) is 0 Å². The van der Waals surface area contributed by atoms with Gasteiger partial charge in [-0.3, -0.25) is 19.0 Å². The number of rotatable bonds is 7. The minimum Gasteiger partial charge on any atom is -0.345 e. The van der Waals surface area contributed by atoms with Crippen LogP contribution >= 0.6 is 0 Å². The number of nitrogens with zero attached hydrogens (tertiary/aromatic N) is 4. The van der Waals surface area contributed by atoms with E-state index in [0.717, 1.165) is 22.5 Å². The zero-order chi connectivity index (χ0) is 26.7. The summed E-state index contributed by atoms with van der Waals surface area (Å²) in [6.45, 7) is 7.08. The molecule has 1 N–H and O–H groups in total. The van der Waals surface area contributed by atoms with E-state index >= 15 is 0 Å². The molecule has 0 atom stereocenters. The third-order valence-corrected chi connectivity index (χ3v) is 6.30. The zero-order valence-electron chi connectivity index (χ0n) is 21.8. The number of aryl methyl sites for hydroxylation is 1. The summed E-state index contributed by atoms with van der Waals surface area (Å²) in [5.74, 6) is 0.411. The molecule has 8 nitrogen and oxygen atoms in total. The minimum absolute atomic E-state index is 0.0314. The molecule has 0 aliphatic carbocycles. The summed E-state index contributed by atoms with van der Waals surface area (Å²) in [5, 5.41) is 2.91. The van der Waals surface area contributed by atoms with E-state index in [0.29, 0.717) is 35.5 Å². The van der Waals surface area contributed by atoms with E-state index in [2.05, 4.69) is 10.3 Å². The van der Waals surface area contributed by atoms with Crippen LogP contribution in [-0.4, -0.2) is 64.3 Å². The van der Waals surface area contributed by atoms with Gasteiger partial charge in [0.25, 0.3) is 17.7 Å². The molecule has 190 valence electrons. The second-order valence-corrected chi connectivity index (χ2v) is 8.95. The Morgan fingerprint density at radius 3 is 1.97 bits per heavy atom. The average molecular weight is 498 g/mol. The molecule has 0 bridgehead atoms. The molecular formula is C29H31N5O3. The van der Waals surface area contributed by atoms with Gasteiger partial charge in [-0.05, 0) is 87.5 Å². The number of benzene rings is 3. The number of nitrogens with one attached hydrogen (secondary N) is 1. The van der Waals surface area contributed by atoms with Crippen molar-refractivity contribution >= 4 is 34.4 Å². The van der Waals surface area contributed by atoms with Gasteiger partial charge < -0.3 is 15.1 Å². The van der Waals surface area contributed by atoms with Gasteiger partial charge in [-0.2, -0.15) is 0 Å². The standard InChI is InChI=1S/C29H31N5O3/c1-6-33(7-2)29(37)21-8-13-23(14-9-21)31-27(35)22-12-17-25-26(18-22)34(19(3)30-25)24-15-10-20(11-16-24)28(36)32(4)5/h8-18H,6-7H2,1-5H3,(H,31,35). The second kappa shape index (κ2) is 10.7. The first-order valence-electron chi connectivity index (χ1n) is 12.2. The molecule has 0 aliphatic rings. The molecule has 0 aliphatic heterocycles. The average Bonchev–Trinajstić information content (AvgIpc) is 3.24. The Kier molecular flexibility index (Phi) is 7.38. The number of amides is 3. The first-order chi connectivity index (χ1) is 17.7. The third-order valence-electron chi connectivity index (χ3n) is 6.30. The molecule has 8 heteroatoms. The number of anilines is 1. The largest absolute Gasteiger partial charge is 0.345 e. The van der Waals surface area contributed by atoms with Crippen LogP contribution < -0.4 is 5.32 Å². The maximum absolute atomic E-state index is 13.1. The Labute approximate surface area is 216 Å². The van der Waals surface area contributed by atoms with Crippen molar-refractivity contribution in [3.8, 4) is 5.69 Å². The van der Waals surface area contributed by atoms with E-state index in [1.165, 1.54) is 4.90 Å². The molecule has 4 rings (SSSR count). The van der Waals surface area contributed by atoms with Crippen molar-refractivity contribution in [3.63, 3.8) is 0 Å². The maximum atomic E-state index is 13.1. The van der Waals surface area contributed by atoms with Crippen LogP contribution in [0.4, 0.5) is 5.69 Å². The summed E-state index contributed by atoms with van der Waals surface area (Å²) >= 11 is 0. The smallest absolute Gasteiger partial charge is 0.255 e. The molecule has 1 aromatic heterocycles. The quantitative estimate of drug-likeness (QED) is 0.398. The van der Waals surface area contributed by atoms with Crippen molar-refractivity contribution < 1.29 is 14.4 Å². The molecule has 4 aromatic rings. The van der Waals surface area contributed by atoms with Crippen LogP contribution in [0.5, 0.6) is 0 Å². The lowest BCUT2D eigenvalue weighted by atomic mass is 10.1. The van der Waals surface area contributed by atoms with E-state index in [9.17, 15) is 14.4 Å². The fourth-order valence-corrected chi connectivity index (χ4v) is 4.27. The van der Waals surface area contributed by atoms with Crippen molar-refractivity contribution in [1.29, 1.82) is 0 Å². The normalized spacial score (nSPS) is 10.8. The predicted octanol–water partition coefficient (Wildman–Crippen LogP) is 4.77. The molecule has 0 spiro atoms. The van der Waals surface area contributed by atoms with Gasteiger partial charge >= 0.3 is 0 Å². The molecular weight excluding hydrogens is 466 g/mol. The number of carbonyl (C=O) groups is 3. The third kappa shape index (κ3) is 5.23. The van der Waals surface area contributed by atoms with E-state index in [-0.39, 0.29) is 17.7 Å². The predicted molar refractivity (Wildman–Crippen MR) is 145 cm³/mol. The molecule has 1 heterocycles. The van der Waals surface area contributed by atoms with Gasteiger partial charge in [-0.15, -0.1) is 0 Å². The van der Waals surface area contributed by atoms with Crippen molar-refractivity contribution in [1.82, 2.24) is 19.4 Å². The number of imidazole rings is 1. The molecule has 0 unspecified atom stereocenters. The molecule has 0 fully saturated rings. The first-order valence-corrected chi connectivity index (χ1v) is 12.2. The Morgan fingerprint density at radius 2 is 1.38 bits per heavy atom. The van der Waals surface area contributed by atoms with Gasteiger partial charge in [0, 0.05) is 55.2 Å². The monoisotopic (exact) mass is 497 g/mol. The Hall–Kier alpha value is -4.46. The molecule has 0 radical (unpaired) electrons. The van der Waals surface area contributed by atoms with Crippen molar-refractivity contribution in [2.75, 3.05) is 32.5 Å². The van der Waals surface area contributed by atoms with Crippen LogP contribution in [0.25, 0.3) is 16.7 Å². The van der Waals surface area contributed by atoms with Crippen LogP contribution in [0.1, 0.15) is 50.7 Å². The van der Waals surface area contributed by atoms with Gasteiger partial charge in [0.05, 0.1) is 11.0 Å². The molecule has 0 saturated heterocycles. The van der Waals surface area contributed by atoms with Crippen LogP contribution in [-0.2, 0) is 0 Å². The highest BCUT2D eigenvalue weighted by atomic mass is 16.2. The van der Waals surface area contributed by atoms with E-state index in [4.69, 9.17) is 0 Å². The highest BCUT2D eigenvalue weighted by Gasteiger charge is 2.16. The Bertz CT molecular complexity index is 1450.